The van der Waals surface area contributed by atoms with Crippen molar-refractivity contribution in [3.63, 3.8) is 0 Å². The summed E-state index contributed by atoms with van der Waals surface area (Å²) in [6.07, 6.45) is 1.68. The van der Waals surface area contributed by atoms with Gasteiger partial charge in [0.15, 0.2) is 0 Å². The average Bonchev–Trinajstić information content (AvgIpc) is 3.10. The number of halogens is 1. The normalized spacial score (nSPS) is 15.6. The topological polar surface area (TPSA) is 101 Å². The quantitative estimate of drug-likeness (QED) is 0.467. The minimum absolute atomic E-state index is 0.0978. The van der Waals surface area contributed by atoms with Gasteiger partial charge < -0.3 is 14.3 Å². The number of hydrogen-bond donors (Lipinski definition) is 1. The largest absolute Gasteiger partial charge is 0.493 e. The molecule has 0 aliphatic carbocycles. The zero-order valence-electron chi connectivity index (χ0n) is 21.3. The number of alkyl halides is 1. The summed E-state index contributed by atoms with van der Waals surface area (Å²) in [6, 6.07) is 4.65. The number of piperazine rings is 1. The molecule has 1 aliphatic heterocycles. The molecule has 1 fully saturated rings. The number of ether oxygens (including phenoxy) is 1. The van der Waals surface area contributed by atoms with Gasteiger partial charge in [-0.25, -0.2) is 17.8 Å². The number of H-pyrrole nitrogens is 1. The fourth-order valence-corrected chi connectivity index (χ4v) is 6.25. The first kappa shape index (κ1) is 26.3. The van der Waals surface area contributed by atoms with Crippen LogP contribution in [0.3, 0.4) is 0 Å². The molecule has 1 saturated heterocycles. The molecule has 9 nitrogen and oxygen atoms in total. The van der Waals surface area contributed by atoms with Crippen molar-refractivity contribution >= 4 is 21.1 Å². The highest BCUT2D eigenvalue weighted by Crippen LogP contribution is 2.33. The lowest BCUT2D eigenvalue weighted by Crippen LogP contribution is -2.49. The van der Waals surface area contributed by atoms with E-state index in [1.165, 1.54) is 16.4 Å². The van der Waals surface area contributed by atoms with Crippen molar-refractivity contribution in [2.24, 2.45) is 7.05 Å². The van der Waals surface area contributed by atoms with Crippen molar-refractivity contribution in [3.05, 3.63) is 39.8 Å². The van der Waals surface area contributed by atoms with Crippen LogP contribution in [0.15, 0.2) is 27.9 Å². The molecule has 11 heteroatoms. The van der Waals surface area contributed by atoms with Gasteiger partial charge in [-0.05, 0) is 44.0 Å². The van der Waals surface area contributed by atoms with Gasteiger partial charge in [0.2, 0.25) is 10.0 Å². The first-order valence-electron chi connectivity index (χ1n) is 12.4. The number of sulfonamides is 1. The highest BCUT2D eigenvalue weighted by molar-refractivity contribution is 7.89. The number of fused-ring (bicyclic) bond motifs is 1. The van der Waals surface area contributed by atoms with E-state index in [4.69, 9.17) is 9.72 Å². The van der Waals surface area contributed by atoms with E-state index in [-0.39, 0.29) is 29.4 Å². The molecule has 1 aliphatic rings. The third-order valence-corrected chi connectivity index (χ3v) is 8.73. The van der Waals surface area contributed by atoms with Crippen molar-refractivity contribution in [2.45, 2.75) is 38.5 Å². The second-order valence-corrected chi connectivity index (χ2v) is 10.9. The lowest BCUT2D eigenvalue weighted by atomic mass is 10.1. The Balaban J connectivity index is 1.80. The van der Waals surface area contributed by atoms with Crippen molar-refractivity contribution in [3.8, 4) is 17.1 Å². The fraction of sp³-hybridized carbons (Fsp3) is 0.520. The van der Waals surface area contributed by atoms with E-state index < -0.39 is 16.7 Å². The summed E-state index contributed by atoms with van der Waals surface area (Å²) in [5.74, 6) is 0.708. The molecular formula is C25H34FN5O4S. The molecular weight excluding hydrogens is 485 g/mol. The van der Waals surface area contributed by atoms with E-state index in [1.807, 2.05) is 30.4 Å². The van der Waals surface area contributed by atoms with Crippen LogP contribution in [-0.2, 0) is 23.5 Å². The van der Waals surface area contributed by atoms with Crippen molar-refractivity contribution < 1.29 is 17.5 Å². The number of benzene rings is 1. The molecule has 4 rings (SSSR count). The Bertz CT molecular complexity index is 1410. The number of aromatic amines is 1. The van der Waals surface area contributed by atoms with Gasteiger partial charge in [0.05, 0.1) is 22.6 Å². The Morgan fingerprint density at radius 2 is 1.89 bits per heavy atom. The van der Waals surface area contributed by atoms with Gasteiger partial charge in [-0.3, -0.25) is 9.69 Å². The number of hydrogen-bond acceptors (Lipinski definition) is 6. The molecule has 0 saturated carbocycles. The van der Waals surface area contributed by atoms with Crippen LogP contribution in [0.4, 0.5) is 4.39 Å². The van der Waals surface area contributed by atoms with Crippen molar-refractivity contribution in [2.75, 3.05) is 46.0 Å². The van der Waals surface area contributed by atoms with Crippen LogP contribution in [0, 0.1) is 6.92 Å². The van der Waals surface area contributed by atoms with Crippen molar-refractivity contribution in [1.29, 1.82) is 0 Å². The summed E-state index contributed by atoms with van der Waals surface area (Å²) >= 11 is 0. The SMILES string of the molecule is CCCc1c(C)n(C)c2c(=O)[nH]c(-c3cc(S(=O)(=O)N4CCN(CCF)CC4)ccc3OCC)nc12. The summed E-state index contributed by atoms with van der Waals surface area (Å²) in [7, 11) is -1.95. The molecule has 1 N–H and O–H groups in total. The summed E-state index contributed by atoms with van der Waals surface area (Å²) in [6.45, 7) is 7.64. The van der Waals surface area contributed by atoms with E-state index in [0.717, 1.165) is 24.1 Å². The van der Waals surface area contributed by atoms with Gasteiger partial charge in [0, 0.05) is 45.5 Å². The van der Waals surface area contributed by atoms with E-state index in [2.05, 4.69) is 11.9 Å². The van der Waals surface area contributed by atoms with Crippen LogP contribution in [0.1, 0.15) is 31.5 Å². The van der Waals surface area contributed by atoms with Gasteiger partial charge in [-0.2, -0.15) is 4.31 Å². The molecule has 0 atom stereocenters. The Labute approximate surface area is 210 Å². The molecule has 36 heavy (non-hydrogen) atoms. The maximum Gasteiger partial charge on any atom is 0.275 e. The molecule has 3 aromatic rings. The van der Waals surface area contributed by atoms with Gasteiger partial charge in [0.25, 0.3) is 5.56 Å². The van der Waals surface area contributed by atoms with Gasteiger partial charge >= 0.3 is 0 Å². The van der Waals surface area contributed by atoms with Crippen LogP contribution in [0.5, 0.6) is 5.75 Å². The summed E-state index contributed by atoms with van der Waals surface area (Å²) in [5, 5.41) is 0. The van der Waals surface area contributed by atoms with E-state index in [1.54, 1.807) is 6.07 Å². The summed E-state index contributed by atoms with van der Waals surface area (Å²) < 4.78 is 48.7. The molecule has 0 amide bonds. The van der Waals surface area contributed by atoms with Crippen molar-refractivity contribution in [1.82, 2.24) is 23.7 Å². The smallest absolute Gasteiger partial charge is 0.275 e. The number of aryl methyl sites for hydroxylation is 2. The van der Waals surface area contributed by atoms with Gasteiger partial charge in [-0.15, -0.1) is 0 Å². The van der Waals surface area contributed by atoms with Gasteiger partial charge in [0.1, 0.15) is 23.8 Å². The second kappa shape index (κ2) is 10.7. The maximum absolute atomic E-state index is 13.5. The zero-order valence-corrected chi connectivity index (χ0v) is 22.1. The maximum atomic E-state index is 13.5. The first-order valence-corrected chi connectivity index (χ1v) is 13.8. The Morgan fingerprint density at radius 3 is 2.53 bits per heavy atom. The lowest BCUT2D eigenvalue weighted by Gasteiger charge is -2.33. The van der Waals surface area contributed by atoms with Crippen LogP contribution in [0.2, 0.25) is 0 Å². The monoisotopic (exact) mass is 519 g/mol. The third-order valence-electron chi connectivity index (χ3n) is 6.83. The number of aromatic nitrogens is 3. The Morgan fingerprint density at radius 1 is 1.17 bits per heavy atom. The van der Waals surface area contributed by atoms with Gasteiger partial charge in [-0.1, -0.05) is 13.3 Å². The highest BCUT2D eigenvalue weighted by atomic mass is 32.2. The van der Waals surface area contributed by atoms with E-state index >= 15 is 0 Å². The molecule has 3 heterocycles. The fourth-order valence-electron chi connectivity index (χ4n) is 4.80. The number of nitrogens with zero attached hydrogens (tertiary/aromatic N) is 4. The first-order chi connectivity index (χ1) is 17.2. The molecule has 0 unspecified atom stereocenters. The Hall–Kier alpha value is -2.76. The van der Waals surface area contributed by atoms with Crippen LogP contribution < -0.4 is 10.3 Å². The Kier molecular flexibility index (Phi) is 7.82. The predicted molar refractivity (Wildman–Crippen MR) is 138 cm³/mol. The minimum atomic E-state index is -3.80. The van der Waals surface area contributed by atoms with E-state index in [0.29, 0.717) is 48.6 Å². The molecule has 2 aromatic heterocycles. The van der Waals surface area contributed by atoms with Crippen LogP contribution in [-0.4, -0.2) is 78.2 Å². The third kappa shape index (κ3) is 4.79. The predicted octanol–water partition coefficient (Wildman–Crippen LogP) is 2.86. The molecule has 0 bridgehead atoms. The minimum Gasteiger partial charge on any atom is -0.493 e. The standard InChI is InChI=1S/C25H34FN5O4S/c1-5-7-19-17(3)29(4)23-22(19)27-24(28-25(23)32)20-16-18(8-9-21(20)35-6-2)36(33,34)31-14-12-30(11-10-26)13-15-31/h8-9,16H,5-7,10-15H2,1-4H3,(H,27,28,32). The molecule has 196 valence electrons. The second-order valence-electron chi connectivity index (χ2n) is 9.01. The highest BCUT2D eigenvalue weighted by Gasteiger charge is 2.29. The molecule has 1 aromatic carbocycles. The lowest BCUT2D eigenvalue weighted by molar-refractivity contribution is 0.177. The average molecular weight is 520 g/mol. The zero-order chi connectivity index (χ0) is 26.0. The van der Waals surface area contributed by atoms with Crippen LogP contribution in [0.25, 0.3) is 22.4 Å². The van der Waals surface area contributed by atoms with Crippen LogP contribution >= 0.6 is 0 Å². The molecule has 0 spiro atoms. The summed E-state index contributed by atoms with van der Waals surface area (Å²) in [4.78, 5) is 22.8. The van der Waals surface area contributed by atoms with E-state index in [9.17, 15) is 17.6 Å². The summed E-state index contributed by atoms with van der Waals surface area (Å²) in [5.41, 5.74) is 3.23. The number of nitrogens with one attached hydrogen (secondary N) is 1. The molecule has 0 radical (unpaired) electrons. The number of rotatable bonds is 9.